The van der Waals surface area contributed by atoms with Gasteiger partial charge in [0.25, 0.3) is 5.22 Å². The summed E-state index contributed by atoms with van der Waals surface area (Å²) in [5, 5.41) is 12.1. The van der Waals surface area contributed by atoms with Crippen LogP contribution < -0.4 is 10.2 Å². The maximum Gasteiger partial charge on any atom is 0.277 e. The lowest BCUT2D eigenvalue weighted by molar-refractivity contribution is -0.113. The fourth-order valence-electron chi connectivity index (χ4n) is 3.41. The number of piperazine rings is 1. The van der Waals surface area contributed by atoms with Gasteiger partial charge in [0.05, 0.1) is 17.1 Å². The van der Waals surface area contributed by atoms with Crippen molar-refractivity contribution in [2.45, 2.75) is 12.1 Å². The average molecular weight is 458 g/mol. The van der Waals surface area contributed by atoms with E-state index < -0.39 is 0 Å². The summed E-state index contributed by atoms with van der Waals surface area (Å²) in [6.45, 7) is 5.77. The van der Waals surface area contributed by atoms with Gasteiger partial charge < -0.3 is 19.5 Å². The highest BCUT2D eigenvalue weighted by Gasteiger charge is 2.19. The number of nitrogens with one attached hydrogen (secondary N) is 1. The molecule has 31 heavy (non-hydrogen) atoms. The molecule has 0 spiro atoms. The Morgan fingerprint density at radius 1 is 1.16 bits per heavy atom. The van der Waals surface area contributed by atoms with Crippen molar-refractivity contribution in [3.63, 3.8) is 0 Å². The fourth-order valence-corrected chi connectivity index (χ4v) is 4.14. The fraction of sp³-hybridized carbons (Fsp3) is 0.318. The van der Waals surface area contributed by atoms with Gasteiger partial charge in [-0.1, -0.05) is 41.1 Å². The molecule has 0 radical (unpaired) electrons. The van der Waals surface area contributed by atoms with Crippen LogP contribution in [-0.4, -0.2) is 60.0 Å². The van der Waals surface area contributed by atoms with Crippen LogP contribution in [0.15, 0.2) is 52.1 Å². The van der Waals surface area contributed by atoms with Crippen LogP contribution in [0.3, 0.4) is 0 Å². The first-order valence-corrected chi connectivity index (χ1v) is 11.4. The van der Waals surface area contributed by atoms with Gasteiger partial charge >= 0.3 is 0 Å². The van der Waals surface area contributed by atoms with Crippen LogP contribution in [0.25, 0.3) is 11.5 Å². The molecule has 0 atom stereocenters. The van der Waals surface area contributed by atoms with Gasteiger partial charge in [-0.2, -0.15) is 0 Å². The number of thioether (sulfide) groups is 1. The van der Waals surface area contributed by atoms with Gasteiger partial charge in [0.1, 0.15) is 0 Å². The number of anilines is 2. The molecule has 0 unspecified atom stereocenters. The standard InChI is InChI=1S/C22H24ClN5O2S/c1-15-4-3-5-16(12-15)21-25-26-22(30-21)31-14-20(29)24-18-13-17(23)6-7-19(18)28-10-8-27(2)9-11-28/h3-7,12-13H,8-11,14H2,1-2H3,(H,24,29). The minimum atomic E-state index is -0.155. The highest BCUT2D eigenvalue weighted by Crippen LogP contribution is 2.30. The topological polar surface area (TPSA) is 74.5 Å². The molecule has 1 aromatic heterocycles. The van der Waals surface area contributed by atoms with Crippen molar-refractivity contribution in [1.82, 2.24) is 15.1 Å². The number of amides is 1. The summed E-state index contributed by atoms with van der Waals surface area (Å²) in [6.07, 6.45) is 0. The average Bonchev–Trinajstić information content (AvgIpc) is 3.23. The Labute approximate surface area is 190 Å². The molecule has 0 saturated carbocycles. The smallest absolute Gasteiger partial charge is 0.277 e. The Balaban J connectivity index is 1.39. The summed E-state index contributed by atoms with van der Waals surface area (Å²) < 4.78 is 5.70. The first kappa shape index (κ1) is 21.7. The molecule has 3 aromatic rings. The predicted octanol–water partition coefficient (Wildman–Crippen LogP) is 4.18. The highest BCUT2D eigenvalue weighted by molar-refractivity contribution is 7.99. The van der Waals surface area contributed by atoms with Crippen molar-refractivity contribution in [2.75, 3.05) is 49.2 Å². The number of halogens is 1. The van der Waals surface area contributed by atoms with E-state index in [1.165, 1.54) is 11.8 Å². The summed E-state index contributed by atoms with van der Waals surface area (Å²) >= 11 is 7.40. The van der Waals surface area contributed by atoms with Crippen molar-refractivity contribution in [3.05, 3.63) is 53.1 Å². The zero-order chi connectivity index (χ0) is 21.8. The second kappa shape index (κ2) is 9.72. The molecule has 2 aromatic carbocycles. The molecule has 1 aliphatic rings. The van der Waals surface area contributed by atoms with Crippen molar-refractivity contribution < 1.29 is 9.21 Å². The van der Waals surface area contributed by atoms with E-state index in [0.29, 0.717) is 21.8 Å². The van der Waals surface area contributed by atoms with Crippen LogP contribution in [0.5, 0.6) is 0 Å². The van der Waals surface area contributed by atoms with Gasteiger partial charge in [0, 0.05) is 36.8 Å². The molecule has 1 amide bonds. The van der Waals surface area contributed by atoms with Gasteiger partial charge in [0.2, 0.25) is 11.8 Å². The van der Waals surface area contributed by atoms with E-state index >= 15 is 0 Å². The van der Waals surface area contributed by atoms with E-state index in [2.05, 4.69) is 32.4 Å². The van der Waals surface area contributed by atoms with Gasteiger partial charge in [0.15, 0.2) is 0 Å². The molecule has 9 heteroatoms. The quantitative estimate of drug-likeness (QED) is 0.556. The minimum Gasteiger partial charge on any atom is -0.411 e. The number of benzene rings is 2. The lowest BCUT2D eigenvalue weighted by Gasteiger charge is -2.35. The van der Waals surface area contributed by atoms with Crippen molar-refractivity contribution in [3.8, 4) is 11.5 Å². The Hall–Kier alpha value is -2.55. The SMILES string of the molecule is Cc1cccc(-c2nnc(SCC(=O)Nc3cc(Cl)ccc3N3CCN(C)CC3)o2)c1. The van der Waals surface area contributed by atoms with Crippen LogP contribution in [0.4, 0.5) is 11.4 Å². The van der Waals surface area contributed by atoms with E-state index in [-0.39, 0.29) is 11.7 Å². The zero-order valence-electron chi connectivity index (χ0n) is 17.5. The number of hydrogen-bond acceptors (Lipinski definition) is 7. The Morgan fingerprint density at radius 3 is 2.74 bits per heavy atom. The number of aromatic nitrogens is 2. The minimum absolute atomic E-state index is 0.155. The van der Waals surface area contributed by atoms with E-state index in [1.54, 1.807) is 6.07 Å². The van der Waals surface area contributed by atoms with Crippen molar-refractivity contribution in [1.29, 1.82) is 0 Å². The second-order valence-corrected chi connectivity index (χ2v) is 8.89. The third-order valence-corrected chi connectivity index (χ3v) is 6.13. The summed E-state index contributed by atoms with van der Waals surface area (Å²) in [5.74, 6) is 0.446. The molecule has 162 valence electrons. The first-order chi connectivity index (χ1) is 15.0. The van der Waals surface area contributed by atoms with Gasteiger partial charge in [-0.15, -0.1) is 10.2 Å². The lowest BCUT2D eigenvalue weighted by Crippen LogP contribution is -2.44. The van der Waals surface area contributed by atoms with Crippen molar-refractivity contribution in [2.24, 2.45) is 0 Å². The normalized spacial score (nSPS) is 14.6. The predicted molar refractivity (Wildman–Crippen MR) is 125 cm³/mol. The zero-order valence-corrected chi connectivity index (χ0v) is 19.0. The molecule has 1 aliphatic heterocycles. The Bertz CT molecular complexity index is 1070. The summed E-state index contributed by atoms with van der Waals surface area (Å²) in [7, 11) is 2.11. The molecule has 2 heterocycles. The molecule has 7 nitrogen and oxygen atoms in total. The molecule has 1 fully saturated rings. The number of likely N-dealkylation sites (N-methyl/N-ethyl adjacent to an activating group) is 1. The molecule has 4 rings (SSSR count). The van der Waals surface area contributed by atoms with E-state index in [0.717, 1.165) is 43.0 Å². The second-order valence-electron chi connectivity index (χ2n) is 7.53. The number of rotatable bonds is 6. The van der Waals surface area contributed by atoms with Crippen LogP contribution in [0.1, 0.15) is 5.56 Å². The maximum atomic E-state index is 12.6. The summed E-state index contributed by atoms with van der Waals surface area (Å²) in [6, 6.07) is 13.5. The monoisotopic (exact) mass is 457 g/mol. The van der Waals surface area contributed by atoms with E-state index in [4.69, 9.17) is 16.0 Å². The van der Waals surface area contributed by atoms with Gasteiger partial charge in [-0.3, -0.25) is 4.79 Å². The first-order valence-electron chi connectivity index (χ1n) is 10.0. The third kappa shape index (κ3) is 5.58. The molecular formula is C22H24ClN5O2S. The largest absolute Gasteiger partial charge is 0.411 e. The summed E-state index contributed by atoms with van der Waals surface area (Å²) in [5.41, 5.74) is 3.67. The summed E-state index contributed by atoms with van der Waals surface area (Å²) in [4.78, 5) is 17.2. The Kier molecular flexibility index (Phi) is 6.80. The number of nitrogens with zero attached hydrogens (tertiary/aromatic N) is 4. The Morgan fingerprint density at radius 2 is 1.97 bits per heavy atom. The van der Waals surface area contributed by atoms with Gasteiger partial charge in [-0.25, -0.2) is 0 Å². The van der Waals surface area contributed by atoms with Crippen LogP contribution in [0.2, 0.25) is 5.02 Å². The van der Waals surface area contributed by atoms with Crippen LogP contribution in [0, 0.1) is 6.92 Å². The number of carbonyl (C=O) groups excluding carboxylic acids is 1. The highest BCUT2D eigenvalue weighted by atomic mass is 35.5. The third-order valence-electron chi connectivity index (χ3n) is 5.07. The van der Waals surface area contributed by atoms with E-state index in [9.17, 15) is 4.79 Å². The van der Waals surface area contributed by atoms with Crippen LogP contribution in [-0.2, 0) is 4.79 Å². The van der Waals surface area contributed by atoms with Crippen LogP contribution >= 0.6 is 23.4 Å². The number of aryl methyl sites for hydroxylation is 1. The lowest BCUT2D eigenvalue weighted by atomic mass is 10.1. The molecule has 0 aliphatic carbocycles. The van der Waals surface area contributed by atoms with Crippen molar-refractivity contribution >= 4 is 40.6 Å². The number of carbonyl (C=O) groups is 1. The van der Waals surface area contributed by atoms with Gasteiger partial charge in [-0.05, 0) is 44.3 Å². The molecule has 1 N–H and O–H groups in total. The molecule has 0 bridgehead atoms. The maximum absolute atomic E-state index is 12.6. The molecule has 1 saturated heterocycles. The molecular weight excluding hydrogens is 434 g/mol. The number of hydrogen-bond donors (Lipinski definition) is 1. The van der Waals surface area contributed by atoms with E-state index in [1.807, 2.05) is 43.3 Å².